The number of aromatic nitrogens is 1. The van der Waals surface area contributed by atoms with Gasteiger partial charge in [0.2, 0.25) is 0 Å². The minimum absolute atomic E-state index is 0.0972. The zero-order valence-corrected chi connectivity index (χ0v) is 16.5. The van der Waals surface area contributed by atoms with Gasteiger partial charge in [-0.25, -0.2) is 4.39 Å². The van der Waals surface area contributed by atoms with Crippen molar-refractivity contribution in [1.29, 1.82) is 0 Å². The number of rotatable bonds is 8. The number of ether oxygens (including phenoxy) is 1. The lowest BCUT2D eigenvalue weighted by Crippen LogP contribution is -2.26. The standard InChI is InChI=1S/C22H23F3N2OS/c23-17-6-4-15(5-7-17)14-29-20-3-1-2-19-21(20)16(12-26-19)8-10-27-11-9-18(13-27)28-22(24)25/h1-7,12,18,22,26H,8-11,13-14H2/t18-/m0/s1/i8D2. The lowest BCUT2D eigenvalue weighted by atomic mass is 10.1. The Morgan fingerprint density at radius 2 is 2.07 bits per heavy atom. The van der Waals surface area contributed by atoms with E-state index in [1.54, 1.807) is 30.1 Å². The van der Waals surface area contributed by atoms with Gasteiger partial charge in [0.05, 0.1) is 6.10 Å². The number of hydrogen-bond acceptors (Lipinski definition) is 3. The van der Waals surface area contributed by atoms with E-state index in [1.807, 2.05) is 23.1 Å². The summed E-state index contributed by atoms with van der Waals surface area (Å²) in [7, 11) is 0. The first-order valence-corrected chi connectivity index (χ1v) is 10.4. The number of halogens is 3. The molecule has 4 rings (SSSR count). The van der Waals surface area contributed by atoms with E-state index in [9.17, 15) is 13.2 Å². The van der Waals surface area contributed by atoms with Crippen LogP contribution in [0.25, 0.3) is 10.9 Å². The van der Waals surface area contributed by atoms with Crippen molar-refractivity contribution < 1.29 is 20.6 Å². The van der Waals surface area contributed by atoms with E-state index >= 15 is 0 Å². The highest BCUT2D eigenvalue weighted by Gasteiger charge is 2.25. The zero-order chi connectivity index (χ0) is 22.0. The molecule has 1 fully saturated rings. The van der Waals surface area contributed by atoms with Crippen LogP contribution in [0.2, 0.25) is 0 Å². The predicted molar refractivity (Wildman–Crippen MR) is 110 cm³/mol. The molecule has 29 heavy (non-hydrogen) atoms. The average Bonchev–Trinajstić information content (AvgIpc) is 3.34. The first kappa shape index (κ1) is 17.9. The Morgan fingerprint density at radius 1 is 1.24 bits per heavy atom. The molecule has 154 valence electrons. The predicted octanol–water partition coefficient (Wildman–Crippen LogP) is 5.46. The second-order valence-electron chi connectivity index (χ2n) is 7.02. The average molecular weight is 423 g/mol. The van der Waals surface area contributed by atoms with Gasteiger partial charge in [-0.1, -0.05) is 18.2 Å². The molecule has 0 amide bonds. The Kier molecular flexibility index (Phi) is 5.69. The van der Waals surface area contributed by atoms with Gasteiger partial charge in [-0.3, -0.25) is 0 Å². The molecule has 0 bridgehead atoms. The molecule has 1 N–H and O–H groups in total. The molecule has 7 heteroatoms. The topological polar surface area (TPSA) is 28.3 Å². The molecule has 3 nitrogen and oxygen atoms in total. The Bertz CT molecular complexity index is 1030. The maximum atomic E-state index is 13.2. The molecule has 1 saturated heterocycles. The summed E-state index contributed by atoms with van der Waals surface area (Å²) in [5, 5.41) is 0.819. The van der Waals surface area contributed by atoms with Gasteiger partial charge in [0, 0.05) is 50.1 Å². The smallest absolute Gasteiger partial charge is 0.345 e. The molecule has 1 atom stereocenters. The Hall–Kier alpha value is -1.96. The van der Waals surface area contributed by atoms with E-state index in [-0.39, 0.29) is 12.4 Å². The Labute approximate surface area is 175 Å². The quantitative estimate of drug-likeness (QED) is 0.489. The molecule has 0 unspecified atom stereocenters. The monoisotopic (exact) mass is 422 g/mol. The maximum Gasteiger partial charge on any atom is 0.345 e. The number of hydrogen-bond donors (Lipinski definition) is 1. The van der Waals surface area contributed by atoms with Gasteiger partial charge in [-0.05, 0) is 48.2 Å². The summed E-state index contributed by atoms with van der Waals surface area (Å²) in [6.45, 7) is -1.90. The SMILES string of the molecule is [2H]C([2H])(CN1CC[C@H](OC(F)F)C1)c1c[nH]c2cccc(SCc3ccc(F)cc3)c12. The normalized spacial score (nSPS) is 19.1. The molecular formula is C22H23F3N2OS. The molecule has 1 aromatic heterocycles. The van der Waals surface area contributed by atoms with Crippen LogP contribution >= 0.6 is 11.8 Å². The number of benzene rings is 2. The fraction of sp³-hybridized carbons (Fsp3) is 0.364. The van der Waals surface area contributed by atoms with E-state index in [4.69, 9.17) is 2.74 Å². The van der Waals surface area contributed by atoms with Crippen LogP contribution in [0.5, 0.6) is 0 Å². The number of nitrogens with one attached hydrogen (secondary N) is 1. The molecule has 0 spiro atoms. The number of likely N-dealkylation sites (tertiary alicyclic amines) is 1. The van der Waals surface area contributed by atoms with Crippen LogP contribution in [0.4, 0.5) is 13.2 Å². The van der Waals surface area contributed by atoms with Gasteiger partial charge in [-0.2, -0.15) is 8.78 Å². The number of aromatic amines is 1. The van der Waals surface area contributed by atoms with Crippen molar-refractivity contribution in [3.63, 3.8) is 0 Å². The largest absolute Gasteiger partial charge is 0.361 e. The summed E-state index contributed by atoms with van der Waals surface area (Å²) in [6, 6.07) is 12.1. The molecule has 2 aromatic carbocycles. The summed E-state index contributed by atoms with van der Waals surface area (Å²) in [4.78, 5) is 5.92. The van der Waals surface area contributed by atoms with Crippen LogP contribution in [0.15, 0.2) is 53.6 Å². The first-order chi connectivity index (χ1) is 14.8. The van der Waals surface area contributed by atoms with E-state index in [0.717, 1.165) is 21.4 Å². The summed E-state index contributed by atoms with van der Waals surface area (Å²) in [5.41, 5.74) is 2.36. The Morgan fingerprint density at radius 3 is 2.86 bits per heavy atom. The maximum absolute atomic E-state index is 13.2. The molecule has 0 aliphatic carbocycles. The van der Waals surface area contributed by atoms with Crippen molar-refractivity contribution in [2.24, 2.45) is 0 Å². The third-order valence-corrected chi connectivity index (χ3v) is 6.12. The third kappa shape index (κ3) is 5.15. The number of nitrogens with zero attached hydrogens (tertiary/aromatic N) is 1. The van der Waals surface area contributed by atoms with Crippen LogP contribution in [0, 0.1) is 5.82 Å². The lowest BCUT2D eigenvalue weighted by Gasteiger charge is -2.16. The molecule has 3 aromatic rings. The van der Waals surface area contributed by atoms with E-state index in [1.165, 1.54) is 12.1 Å². The second kappa shape index (κ2) is 9.24. The van der Waals surface area contributed by atoms with Crippen LogP contribution in [0.1, 0.15) is 20.3 Å². The van der Waals surface area contributed by atoms with E-state index in [0.29, 0.717) is 30.8 Å². The van der Waals surface area contributed by atoms with E-state index in [2.05, 4.69) is 9.72 Å². The molecule has 0 saturated carbocycles. The van der Waals surface area contributed by atoms with E-state index < -0.39 is 19.1 Å². The number of H-pyrrole nitrogens is 1. The van der Waals surface area contributed by atoms with Crippen molar-refractivity contribution in [3.8, 4) is 0 Å². The first-order valence-electron chi connectivity index (χ1n) is 10.5. The summed E-state index contributed by atoms with van der Waals surface area (Å²) in [6.07, 6.45) is -0.0893. The Balaban J connectivity index is 1.52. The minimum atomic E-state index is -2.81. The van der Waals surface area contributed by atoms with Gasteiger partial charge >= 0.3 is 6.61 Å². The van der Waals surface area contributed by atoms with Crippen molar-refractivity contribution in [2.75, 3.05) is 19.6 Å². The van der Waals surface area contributed by atoms with Gasteiger partial charge in [-0.15, -0.1) is 11.8 Å². The van der Waals surface area contributed by atoms with Gasteiger partial charge in [0.1, 0.15) is 5.82 Å². The minimum Gasteiger partial charge on any atom is -0.361 e. The summed E-state index contributed by atoms with van der Waals surface area (Å²) < 4.78 is 60.1. The van der Waals surface area contributed by atoms with Crippen LogP contribution in [0.3, 0.4) is 0 Å². The highest BCUT2D eigenvalue weighted by Crippen LogP contribution is 2.33. The van der Waals surface area contributed by atoms with Crippen LogP contribution in [-0.2, 0) is 16.9 Å². The van der Waals surface area contributed by atoms with Crippen molar-refractivity contribution in [2.45, 2.75) is 36.2 Å². The van der Waals surface area contributed by atoms with Gasteiger partial charge < -0.3 is 14.6 Å². The van der Waals surface area contributed by atoms with Crippen molar-refractivity contribution >= 4 is 22.7 Å². The van der Waals surface area contributed by atoms with Gasteiger partial charge in [0.25, 0.3) is 0 Å². The lowest BCUT2D eigenvalue weighted by molar-refractivity contribution is -0.158. The fourth-order valence-corrected chi connectivity index (χ4v) is 4.60. The van der Waals surface area contributed by atoms with Crippen molar-refractivity contribution in [1.82, 2.24) is 9.88 Å². The summed E-state index contributed by atoms with van der Waals surface area (Å²) in [5.74, 6) is 0.353. The highest BCUT2D eigenvalue weighted by molar-refractivity contribution is 7.98. The number of fused-ring (bicyclic) bond motifs is 1. The number of alkyl halides is 2. The van der Waals surface area contributed by atoms with Gasteiger partial charge in [0.15, 0.2) is 0 Å². The fourth-order valence-electron chi connectivity index (χ4n) is 3.55. The van der Waals surface area contributed by atoms with Crippen LogP contribution in [-0.4, -0.2) is 42.2 Å². The molecule has 1 aliphatic rings. The zero-order valence-electron chi connectivity index (χ0n) is 17.7. The molecule has 1 aliphatic heterocycles. The molecular weight excluding hydrogens is 397 g/mol. The third-order valence-electron chi connectivity index (χ3n) is 4.99. The second-order valence-corrected chi connectivity index (χ2v) is 8.03. The van der Waals surface area contributed by atoms with Crippen LogP contribution < -0.4 is 0 Å². The number of thioether (sulfide) groups is 1. The highest BCUT2D eigenvalue weighted by atomic mass is 32.2. The molecule has 0 radical (unpaired) electrons. The van der Waals surface area contributed by atoms with Crippen molar-refractivity contribution in [3.05, 3.63) is 65.6 Å². The summed E-state index contributed by atoms with van der Waals surface area (Å²) >= 11 is 1.57. The molecule has 2 heterocycles.